The number of benzene rings is 1. The van der Waals surface area contributed by atoms with Gasteiger partial charge >= 0.3 is 0 Å². The summed E-state index contributed by atoms with van der Waals surface area (Å²) in [5.74, 6) is 1.42. The van der Waals surface area contributed by atoms with Crippen LogP contribution in [0.25, 0.3) is 11.0 Å². The molecule has 2 heterocycles. The Hall–Kier alpha value is -2.37. The van der Waals surface area contributed by atoms with Crippen LogP contribution >= 0.6 is 0 Å². The molecule has 26 heavy (non-hydrogen) atoms. The lowest BCUT2D eigenvalue weighted by molar-refractivity contribution is -0.143. The van der Waals surface area contributed by atoms with Crippen molar-refractivity contribution in [3.05, 3.63) is 30.1 Å². The molecule has 0 spiro atoms. The van der Waals surface area contributed by atoms with Gasteiger partial charge in [-0.3, -0.25) is 9.59 Å². The number of amides is 2. The third-order valence-corrected chi connectivity index (χ3v) is 5.01. The summed E-state index contributed by atoms with van der Waals surface area (Å²) in [6, 6.07) is 7.81. The van der Waals surface area contributed by atoms with E-state index in [-0.39, 0.29) is 17.9 Å². The maximum atomic E-state index is 12.6. The summed E-state index contributed by atoms with van der Waals surface area (Å²) in [5, 5.41) is 2.84. The van der Waals surface area contributed by atoms with E-state index in [0.29, 0.717) is 31.8 Å². The highest BCUT2D eigenvalue weighted by Crippen LogP contribution is 2.22. The molecular weight excluding hydrogens is 328 g/mol. The Morgan fingerprint density at radius 2 is 2.12 bits per heavy atom. The Labute approximate surface area is 154 Å². The van der Waals surface area contributed by atoms with Crippen LogP contribution in [0.3, 0.4) is 0 Å². The van der Waals surface area contributed by atoms with Gasteiger partial charge in [-0.25, -0.2) is 4.98 Å². The Balaban J connectivity index is 1.68. The topological polar surface area (TPSA) is 67.2 Å². The van der Waals surface area contributed by atoms with Crippen molar-refractivity contribution in [2.45, 2.75) is 58.5 Å². The summed E-state index contributed by atoms with van der Waals surface area (Å²) in [6.07, 6.45) is 1.85. The number of rotatable bonds is 6. The van der Waals surface area contributed by atoms with Gasteiger partial charge in [0, 0.05) is 32.0 Å². The molecule has 1 aromatic carbocycles. The largest absolute Gasteiger partial charge is 0.353 e. The molecule has 1 aliphatic heterocycles. The summed E-state index contributed by atoms with van der Waals surface area (Å²) >= 11 is 0. The van der Waals surface area contributed by atoms with Gasteiger partial charge in [-0.2, -0.15) is 0 Å². The van der Waals surface area contributed by atoms with Crippen LogP contribution in [0.15, 0.2) is 24.3 Å². The first-order chi connectivity index (χ1) is 12.5. The highest BCUT2D eigenvalue weighted by molar-refractivity contribution is 5.88. The van der Waals surface area contributed by atoms with Gasteiger partial charge in [0.25, 0.3) is 0 Å². The van der Waals surface area contributed by atoms with E-state index in [1.807, 2.05) is 25.1 Å². The number of piperazine rings is 1. The predicted octanol–water partition coefficient (Wildman–Crippen LogP) is 2.68. The molecule has 1 saturated heterocycles. The van der Waals surface area contributed by atoms with E-state index in [9.17, 15) is 9.59 Å². The number of carbonyl (C=O) groups excluding carboxylic acids is 2. The SMILES string of the molecule is CCC1C(=O)NCCN1C(=O)CCCn1c(C(C)C)nc2ccccc21. The van der Waals surface area contributed by atoms with Crippen molar-refractivity contribution in [3.8, 4) is 0 Å². The van der Waals surface area contributed by atoms with E-state index >= 15 is 0 Å². The van der Waals surface area contributed by atoms with Gasteiger partial charge in [0.15, 0.2) is 0 Å². The van der Waals surface area contributed by atoms with Gasteiger partial charge < -0.3 is 14.8 Å². The first kappa shape index (κ1) is 18.4. The molecule has 1 N–H and O–H groups in total. The number of hydrogen-bond acceptors (Lipinski definition) is 3. The van der Waals surface area contributed by atoms with Gasteiger partial charge in [0.05, 0.1) is 11.0 Å². The smallest absolute Gasteiger partial charge is 0.242 e. The monoisotopic (exact) mass is 356 g/mol. The molecule has 0 aliphatic carbocycles. The molecule has 1 unspecified atom stereocenters. The van der Waals surface area contributed by atoms with Crippen molar-refractivity contribution in [3.63, 3.8) is 0 Å². The van der Waals surface area contributed by atoms with Crippen molar-refractivity contribution in [2.24, 2.45) is 0 Å². The first-order valence-electron chi connectivity index (χ1n) is 9.55. The van der Waals surface area contributed by atoms with Crippen LogP contribution in [-0.4, -0.2) is 45.4 Å². The van der Waals surface area contributed by atoms with Gasteiger partial charge in [-0.1, -0.05) is 32.9 Å². The minimum atomic E-state index is -0.323. The third kappa shape index (κ3) is 3.59. The number of para-hydroxylation sites is 2. The molecule has 3 rings (SSSR count). The highest BCUT2D eigenvalue weighted by atomic mass is 16.2. The number of imidazole rings is 1. The molecule has 0 saturated carbocycles. The second kappa shape index (κ2) is 7.89. The van der Waals surface area contributed by atoms with Gasteiger partial charge in [-0.15, -0.1) is 0 Å². The maximum Gasteiger partial charge on any atom is 0.242 e. The second-order valence-corrected chi connectivity index (χ2v) is 7.17. The number of aryl methyl sites for hydroxylation is 1. The van der Waals surface area contributed by atoms with Crippen LogP contribution in [0, 0.1) is 0 Å². The minimum absolute atomic E-state index is 0.0326. The molecule has 1 fully saturated rings. The fourth-order valence-electron chi connectivity index (χ4n) is 3.72. The minimum Gasteiger partial charge on any atom is -0.353 e. The van der Waals surface area contributed by atoms with Crippen LogP contribution in [0.5, 0.6) is 0 Å². The number of hydrogen-bond donors (Lipinski definition) is 1. The molecule has 2 amide bonds. The molecule has 1 aromatic heterocycles. The van der Waals surface area contributed by atoms with Crippen molar-refractivity contribution >= 4 is 22.8 Å². The summed E-state index contributed by atoms with van der Waals surface area (Å²) in [4.78, 5) is 31.1. The number of nitrogens with zero attached hydrogens (tertiary/aromatic N) is 3. The lowest BCUT2D eigenvalue weighted by Gasteiger charge is -2.34. The lowest BCUT2D eigenvalue weighted by atomic mass is 10.1. The van der Waals surface area contributed by atoms with Gasteiger partial charge in [0.1, 0.15) is 11.9 Å². The second-order valence-electron chi connectivity index (χ2n) is 7.17. The molecule has 6 heteroatoms. The van der Waals surface area contributed by atoms with Crippen LogP contribution in [0.4, 0.5) is 0 Å². The van der Waals surface area contributed by atoms with Gasteiger partial charge in [0.2, 0.25) is 11.8 Å². The maximum absolute atomic E-state index is 12.6. The highest BCUT2D eigenvalue weighted by Gasteiger charge is 2.31. The third-order valence-electron chi connectivity index (χ3n) is 5.01. The number of fused-ring (bicyclic) bond motifs is 1. The molecule has 0 radical (unpaired) electrons. The van der Waals surface area contributed by atoms with E-state index in [1.54, 1.807) is 4.90 Å². The molecule has 6 nitrogen and oxygen atoms in total. The van der Waals surface area contributed by atoms with Crippen molar-refractivity contribution in [2.75, 3.05) is 13.1 Å². The van der Waals surface area contributed by atoms with Crippen LogP contribution in [0.2, 0.25) is 0 Å². The van der Waals surface area contributed by atoms with Crippen molar-refractivity contribution in [1.29, 1.82) is 0 Å². The summed E-state index contributed by atoms with van der Waals surface area (Å²) < 4.78 is 2.23. The molecular formula is C20H28N4O2. The van der Waals surface area contributed by atoms with E-state index in [4.69, 9.17) is 4.98 Å². The molecule has 1 atom stereocenters. The Bertz CT molecular complexity index is 796. The van der Waals surface area contributed by atoms with Crippen LogP contribution in [0.1, 0.15) is 51.8 Å². The molecule has 140 valence electrons. The standard InChI is InChI=1S/C20H28N4O2/c1-4-16-20(26)21-11-13-23(16)18(25)10-7-12-24-17-9-6-5-8-15(17)22-19(24)14(2)3/h5-6,8-9,14,16H,4,7,10-13H2,1-3H3,(H,21,26). The Morgan fingerprint density at radius 1 is 1.35 bits per heavy atom. The fourth-order valence-corrected chi connectivity index (χ4v) is 3.72. The Kier molecular flexibility index (Phi) is 5.59. The normalized spacial score (nSPS) is 17.8. The number of carbonyl (C=O) groups is 2. The summed E-state index contributed by atoms with van der Waals surface area (Å²) in [7, 11) is 0. The fraction of sp³-hybridized carbons (Fsp3) is 0.550. The van der Waals surface area contributed by atoms with E-state index in [1.165, 1.54) is 0 Å². The van der Waals surface area contributed by atoms with Crippen LogP contribution < -0.4 is 5.32 Å². The zero-order valence-electron chi connectivity index (χ0n) is 15.9. The summed E-state index contributed by atoms with van der Waals surface area (Å²) in [5.41, 5.74) is 2.12. The average Bonchev–Trinajstić information content (AvgIpc) is 3.00. The van der Waals surface area contributed by atoms with Crippen molar-refractivity contribution < 1.29 is 9.59 Å². The first-order valence-corrected chi connectivity index (χ1v) is 9.55. The zero-order valence-corrected chi connectivity index (χ0v) is 15.9. The van der Waals surface area contributed by atoms with E-state index in [0.717, 1.165) is 29.8 Å². The lowest BCUT2D eigenvalue weighted by Crippen LogP contribution is -2.56. The predicted molar refractivity (Wildman–Crippen MR) is 102 cm³/mol. The van der Waals surface area contributed by atoms with E-state index < -0.39 is 0 Å². The van der Waals surface area contributed by atoms with Crippen molar-refractivity contribution in [1.82, 2.24) is 19.8 Å². The molecule has 0 bridgehead atoms. The summed E-state index contributed by atoms with van der Waals surface area (Å²) in [6.45, 7) is 8.14. The Morgan fingerprint density at radius 3 is 2.85 bits per heavy atom. The molecule has 1 aliphatic rings. The number of aromatic nitrogens is 2. The quantitative estimate of drug-likeness (QED) is 0.865. The van der Waals surface area contributed by atoms with Crippen LogP contribution in [-0.2, 0) is 16.1 Å². The van der Waals surface area contributed by atoms with Gasteiger partial charge in [-0.05, 0) is 25.0 Å². The average molecular weight is 356 g/mol. The number of nitrogens with one attached hydrogen (secondary N) is 1. The van der Waals surface area contributed by atoms with E-state index in [2.05, 4.69) is 29.8 Å². The zero-order chi connectivity index (χ0) is 18.7. The molecule has 2 aromatic rings.